The number of rotatable bonds is 3. The van der Waals surface area contributed by atoms with Crippen molar-refractivity contribution in [2.75, 3.05) is 4.90 Å². The molecular formula is C17H17NO2. The summed E-state index contributed by atoms with van der Waals surface area (Å²) >= 11 is 0. The first-order valence-corrected chi connectivity index (χ1v) is 6.52. The zero-order valence-corrected chi connectivity index (χ0v) is 11.7. The highest BCUT2D eigenvalue weighted by atomic mass is 16.2. The SMILES string of the molecule is CC(=O)N(C(=O)Cc1ccccc1)c1ccc(C)cc1. The van der Waals surface area contributed by atoms with E-state index in [1.54, 1.807) is 12.1 Å². The normalized spacial score (nSPS) is 10.1. The molecule has 0 bridgehead atoms. The number of carbonyl (C=O) groups is 2. The molecule has 0 aliphatic carbocycles. The van der Waals surface area contributed by atoms with Crippen LogP contribution in [0, 0.1) is 6.92 Å². The van der Waals surface area contributed by atoms with Gasteiger partial charge in [0.05, 0.1) is 12.1 Å². The first kappa shape index (κ1) is 14.0. The molecule has 0 fully saturated rings. The largest absolute Gasteiger partial charge is 0.274 e. The van der Waals surface area contributed by atoms with Crippen molar-refractivity contribution >= 4 is 17.5 Å². The fourth-order valence-corrected chi connectivity index (χ4v) is 2.04. The summed E-state index contributed by atoms with van der Waals surface area (Å²) in [6.07, 6.45) is 0.217. The molecule has 0 unspecified atom stereocenters. The maximum absolute atomic E-state index is 12.3. The molecule has 0 N–H and O–H groups in total. The standard InChI is InChI=1S/C17H17NO2/c1-13-8-10-16(11-9-13)18(14(2)19)17(20)12-15-6-4-3-5-7-15/h3-11H,12H2,1-2H3. The smallest absolute Gasteiger partial charge is 0.238 e. The Balaban J connectivity index is 2.23. The second-order valence-corrected chi connectivity index (χ2v) is 4.75. The van der Waals surface area contributed by atoms with Crippen LogP contribution in [0.5, 0.6) is 0 Å². The van der Waals surface area contributed by atoms with Crippen molar-refractivity contribution in [3.63, 3.8) is 0 Å². The molecule has 3 heteroatoms. The Hall–Kier alpha value is -2.42. The number of hydrogen-bond donors (Lipinski definition) is 0. The molecule has 0 saturated heterocycles. The number of anilines is 1. The number of nitrogens with zero attached hydrogens (tertiary/aromatic N) is 1. The summed E-state index contributed by atoms with van der Waals surface area (Å²) in [7, 11) is 0. The van der Waals surface area contributed by atoms with Crippen molar-refractivity contribution in [3.8, 4) is 0 Å². The lowest BCUT2D eigenvalue weighted by atomic mass is 10.1. The van der Waals surface area contributed by atoms with E-state index in [-0.39, 0.29) is 18.2 Å². The summed E-state index contributed by atoms with van der Waals surface area (Å²) in [4.78, 5) is 25.3. The summed E-state index contributed by atoms with van der Waals surface area (Å²) in [5.74, 6) is -0.484. The van der Waals surface area contributed by atoms with E-state index in [0.29, 0.717) is 5.69 Å². The van der Waals surface area contributed by atoms with Crippen LogP contribution in [-0.4, -0.2) is 11.8 Å². The van der Waals surface area contributed by atoms with E-state index in [9.17, 15) is 9.59 Å². The van der Waals surface area contributed by atoms with Crippen molar-refractivity contribution in [3.05, 3.63) is 65.7 Å². The van der Waals surface area contributed by atoms with Crippen LogP contribution in [0.3, 0.4) is 0 Å². The third kappa shape index (κ3) is 3.32. The van der Waals surface area contributed by atoms with Crippen molar-refractivity contribution in [2.45, 2.75) is 20.3 Å². The van der Waals surface area contributed by atoms with Crippen LogP contribution in [0.1, 0.15) is 18.1 Å². The molecule has 3 nitrogen and oxygen atoms in total. The van der Waals surface area contributed by atoms with E-state index < -0.39 is 0 Å². The molecule has 0 saturated carbocycles. The van der Waals surface area contributed by atoms with Gasteiger partial charge in [-0.3, -0.25) is 14.5 Å². The fourth-order valence-electron chi connectivity index (χ4n) is 2.04. The molecule has 20 heavy (non-hydrogen) atoms. The zero-order chi connectivity index (χ0) is 14.5. The summed E-state index contributed by atoms with van der Waals surface area (Å²) in [6, 6.07) is 16.8. The van der Waals surface area contributed by atoms with Crippen molar-refractivity contribution < 1.29 is 9.59 Å². The van der Waals surface area contributed by atoms with Crippen LogP contribution in [0.15, 0.2) is 54.6 Å². The molecule has 0 spiro atoms. The second-order valence-electron chi connectivity index (χ2n) is 4.75. The van der Waals surface area contributed by atoms with Gasteiger partial charge in [0.1, 0.15) is 0 Å². The number of benzene rings is 2. The first-order chi connectivity index (χ1) is 9.58. The molecular weight excluding hydrogens is 250 g/mol. The van der Waals surface area contributed by atoms with E-state index in [2.05, 4.69) is 0 Å². The topological polar surface area (TPSA) is 37.4 Å². The van der Waals surface area contributed by atoms with E-state index in [4.69, 9.17) is 0 Å². The monoisotopic (exact) mass is 267 g/mol. The van der Waals surface area contributed by atoms with Gasteiger partial charge in [-0.15, -0.1) is 0 Å². The lowest BCUT2D eigenvalue weighted by molar-refractivity contribution is -0.125. The molecule has 2 aromatic carbocycles. The molecule has 0 aliphatic rings. The van der Waals surface area contributed by atoms with Gasteiger partial charge in [-0.1, -0.05) is 48.0 Å². The highest BCUT2D eigenvalue weighted by Gasteiger charge is 2.20. The maximum Gasteiger partial charge on any atom is 0.238 e. The lowest BCUT2D eigenvalue weighted by Gasteiger charge is -2.19. The van der Waals surface area contributed by atoms with Crippen LogP contribution in [-0.2, 0) is 16.0 Å². The lowest BCUT2D eigenvalue weighted by Crippen LogP contribution is -2.36. The van der Waals surface area contributed by atoms with Gasteiger partial charge in [0.25, 0.3) is 0 Å². The average Bonchev–Trinajstić information content (AvgIpc) is 2.42. The van der Waals surface area contributed by atoms with Crippen molar-refractivity contribution in [1.29, 1.82) is 0 Å². The second kappa shape index (κ2) is 6.15. The molecule has 0 aliphatic heterocycles. The Kier molecular flexibility index (Phi) is 4.31. The molecule has 102 valence electrons. The van der Waals surface area contributed by atoms with Gasteiger partial charge >= 0.3 is 0 Å². The quantitative estimate of drug-likeness (QED) is 0.856. The Labute approximate surface area is 118 Å². The van der Waals surface area contributed by atoms with Gasteiger partial charge in [-0.2, -0.15) is 0 Å². The Morgan fingerprint density at radius 2 is 1.55 bits per heavy atom. The zero-order valence-electron chi connectivity index (χ0n) is 11.7. The number of carbonyl (C=O) groups excluding carboxylic acids is 2. The third-order valence-electron chi connectivity index (χ3n) is 3.05. The van der Waals surface area contributed by atoms with Crippen LogP contribution in [0.4, 0.5) is 5.69 Å². The number of imide groups is 1. The third-order valence-corrected chi connectivity index (χ3v) is 3.05. The molecule has 0 atom stereocenters. The van der Waals surface area contributed by atoms with E-state index in [1.165, 1.54) is 11.8 Å². The van der Waals surface area contributed by atoms with E-state index >= 15 is 0 Å². The summed E-state index contributed by atoms with van der Waals surface area (Å²) in [5.41, 5.74) is 2.60. The van der Waals surface area contributed by atoms with Gasteiger partial charge in [-0.05, 0) is 24.6 Å². The molecule has 2 amide bonds. The van der Waals surface area contributed by atoms with Crippen LogP contribution < -0.4 is 4.90 Å². The highest BCUT2D eigenvalue weighted by molar-refractivity contribution is 6.14. The van der Waals surface area contributed by atoms with Gasteiger partial charge in [0, 0.05) is 6.92 Å². The van der Waals surface area contributed by atoms with Crippen LogP contribution in [0.2, 0.25) is 0 Å². The predicted octanol–water partition coefficient (Wildman–Crippen LogP) is 3.12. The molecule has 2 rings (SSSR count). The minimum atomic E-state index is -0.269. The molecule has 2 aromatic rings. The summed E-state index contributed by atoms with van der Waals surface area (Å²) in [5, 5.41) is 0. The van der Waals surface area contributed by atoms with Gasteiger partial charge in [0.15, 0.2) is 0 Å². The summed E-state index contributed by atoms with van der Waals surface area (Å²) < 4.78 is 0. The highest BCUT2D eigenvalue weighted by Crippen LogP contribution is 2.17. The predicted molar refractivity (Wildman–Crippen MR) is 79.5 cm³/mol. The van der Waals surface area contributed by atoms with Crippen LogP contribution >= 0.6 is 0 Å². The van der Waals surface area contributed by atoms with Crippen molar-refractivity contribution in [2.24, 2.45) is 0 Å². The number of amides is 2. The fraction of sp³-hybridized carbons (Fsp3) is 0.176. The number of hydrogen-bond acceptors (Lipinski definition) is 2. The van der Waals surface area contributed by atoms with Gasteiger partial charge < -0.3 is 0 Å². The minimum absolute atomic E-state index is 0.215. The van der Waals surface area contributed by atoms with Gasteiger partial charge in [0.2, 0.25) is 11.8 Å². The molecule has 0 radical (unpaired) electrons. The first-order valence-electron chi connectivity index (χ1n) is 6.52. The van der Waals surface area contributed by atoms with E-state index in [0.717, 1.165) is 11.1 Å². The summed E-state index contributed by atoms with van der Waals surface area (Å²) in [6.45, 7) is 3.37. The molecule has 0 aromatic heterocycles. The maximum atomic E-state index is 12.3. The van der Waals surface area contributed by atoms with Crippen LogP contribution in [0.25, 0.3) is 0 Å². The van der Waals surface area contributed by atoms with Crippen molar-refractivity contribution in [1.82, 2.24) is 0 Å². The Bertz CT molecular complexity index is 603. The average molecular weight is 267 g/mol. The van der Waals surface area contributed by atoms with Gasteiger partial charge in [-0.25, -0.2) is 0 Å². The molecule has 0 heterocycles. The number of aryl methyl sites for hydroxylation is 1. The minimum Gasteiger partial charge on any atom is -0.274 e. The Morgan fingerprint density at radius 1 is 0.950 bits per heavy atom. The van der Waals surface area contributed by atoms with E-state index in [1.807, 2.05) is 49.4 Å². The Morgan fingerprint density at radius 3 is 2.10 bits per heavy atom.